The highest BCUT2D eigenvalue weighted by Crippen LogP contribution is 2.19. The fraction of sp³-hybridized carbons (Fsp3) is 0.350. The zero-order valence-electron chi connectivity index (χ0n) is 16.8. The summed E-state index contributed by atoms with van der Waals surface area (Å²) in [6.45, 7) is 6.07. The predicted octanol–water partition coefficient (Wildman–Crippen LogP) is 3.39. The van der Waals surface area contributed by atoms with Crippen molar-refractivity contribution in [2.45, 2.75) is 33.4 Å². The maximum absolute atomic E-state index is 12.6. The van der Waals surface area contributed by atoms with Crippen molar-refractivity contribution in [2.75, 3.05) is 14.2 Å². The van der Waals surface area contributed by atoms with Crippen molar-refractivity contribution < 1.29 is 14.1 Å². The van der Waals surface area contributed by atoms with Crippen molar-refractivity contribution in [3.63, 3.8) is 0 Å². The molecule has 0 aliphatic carbocycles. The third-order valence-electron chi connectivity index (χ3n) is 4.68. The van der Waals surface area contributed by atoms with Crippen molar-refractivity contribution in [2.24, 2.45) is 0 Å². The van der Waals surface area contributed by atoms with E-state index in [1.165, 1.54) is 0 Å². The van der Waals surface area contributed by atoms with Crippen LogP contribution in [0.4, 0.5) is 4.79 Å². The van der Waals surface area contributed by atoms with Crippen LogP contribution >= 0.6 is 0 Å². The lowest BCUT2D eigenvalue weighted by Gasteiger charge is -2.20. The number of ether oxygens (including phenoxy) is 1. The van der Waals surface area contributed by atoms with E-state index < -0.39 is 0 Å². The van der Waals surface area contributed by atoms with E-state index in [1.54, 1.807) is 29.9 Å². The number of amides is 2. The van der Waals surface area contributed by atoms with Gasteiger partial charge >= 0.3 is 6.03 Å². The second-order valence-corrected chi connectivity index (χ2v) is 6.75. The van der Waals surface area contributed by atoms with Crippen molar-refractivity contribution in [3.8, 4) is 11.4 Å². The average Bonchev–Trinajstić information content (AvgIpc) is 3.30. The molecular formula is C20H25N5O3. The summed E-state index contributed by atoms with van der Waals surface area (Å²) in [6, 6.07) is 7.26. The Balaban J connectivity index is 1.65. The average molecular weight is 383 g/mol. The normalized spacial score (nSPS) is 11.9. The van der Waals surface area contributed by atoms with E-state index in [0.717, 1.165) is 34.0 Å². The Morgan fingerprint density at radius 2 is 2.18 bits per heavy atom. The number of aromatic nitrogens is 3. The number of carbonyl (C=O) groups excluding carboxylic acids is 1. The molecule has 1 atom stereocenters. The quantitative estimate of drug-likeness (QED) is 0.705. The first-order valence-corrected chi connectivity index (χ1v) is 9.01. The second kappa shape index (κ2) is 8.16. The molecule has 1 unspecified atom stereocenters. The number of methoxy groups -OCH3 is 1. The van der Waals surface area contributed by atoms with Crippen LogP contribution in [0.2, 0.25) is 0 Å². The number of urea groups is 1. The van der Waals surface area contributed by atoms with Gasteiger partial charge in [0.15, 0.2) is 0 Å². The lowest BCUT2D eigenvalue weighted by molar-refractivity contribution is 0.203. The summed E-state index contributed by atoms with van der Waals surface area (Å²) in [6.07, 6.45) is 3.65. The molecule has 0 saturated heterocycles. The van der Waals surface area contributed by atoms with Crippen LogP contribution in [0, 0.1) is 13.8 Å². The Morgan fingerprint density at radius 3 is 2.86 bits per heavy atom. The van der Waals surface area contributed by atoms with Gasteiger partial charge in [-0.2, -0.15) is 5.10 Å². The maximum Gasteiger partial charge on any atom is 0.317 e. The van der Waals surface area contributed by atoms with Crippen molar-refractivity contribution in [1.82, 2.24) is 25.2 Å². The number of aryl methyl sites for hydroxylation is 2. The van der Waals surface area contributed by atoms with Crippen LogP contribution in [-0.2, 0) is 6.54 Å². The molecular weight excluding hydrogens is 358 g/mol. The first-order chi connectivity index (χ1) is 13.4. The summed E-state index contributed by atoms with van der Waals surface area (Å²) in [5.41, 5.74) is 3.52. The summed E-state index contributed by atoms with van der Waals surface area (Å²) in [4.78, 5) is 14.2. The lowest BCUT2D eigenvalue weighted by Crippen LogP contribution is -2.38. The summed E-state index contributed by atoms with van der Waals surface area (Å²) in [5, 5.41) is 11.3. The fourth-order valence-electron chi connectivity index (χ4n) is 2.87. The van der Waals surface area contributed by atoms with Crippen LogP contribution in [0.3, 0.4) is 0 Å². The fourth-order valence-corrected chi connectivity index (χ4v) is 2.87. The Morgan fingerprint density at radius 1 is 1.39 bits per heavy atom. The number of rotatable bonds is 6. The Kier molecular flexibility index (Phi) is 5.67. The van der Waals surface area contributed by atoms with Gasteiger partial charge in [0.2, 0.25) is 0 Å². The molecule has 3 aromatic rings. The van der Waals surface area contributed by atoms with Crippen LogP contribution in [0.5, 0.6) is 5.75 Å². The van der Waals surface area contributed by atoms with Gasteiger partial charge < -0.3 is 19.5 Å². The Hall–Kier alpha value is -3.29. The molecule has 1 aromatic carbocycles. The molecule has 148 valence electrons. The molecule has 0 spiro atoms. The van der Waals surface area contributed by atoms with Crippen molar-refractivity contribution >= 4 is 6.03 Å². The number of nitrogens with one attached hydrogen (secondary N) is 1. The van der Waals surface area contributed by atoms with Gasteiger partial charge in [-0.3, -0.25) is 0 Å². The maximum atomic E-state index is 12.6. The monoisotopic (exact) mass is 383 g/mol. The minimum absolute atomic E-state index is 0.179. The Bertz CT molecular complexity index is 943. The van der Waals surface area contributed by atoms with Crippen LogP contribution in [0.1, 0.15) is 35.5 Å². The van der Waals surface area contributed by atoms with Crippen LogP contribution in [0.25, 0.3) is 5.69 Å². The van der Waals surface area contributed by atoms with E-state index in [1.807, 2.05) is 51.2 Å². The number of hydrogen-bond donors (Lipinski definition) is 1. The standard InChI is InChI=1S/C20H25N5O3/c1-13(22-20(26)24(4)12-19-14(2)23-28-15(19)3)16-10-21-25(11-16)17-7-6-8-18(9-17)27-5/h6-11,13H,12H2,1-5H3,(H,22,26). The van der Waals surface area contributed by atoms with E-state index in [2.05, 4.69) is 15.6 Å². The van der Waals surface area contributed by atoms with E-state index in [4.69, 9.17) is 9.26 Å². The van der Waals surface area contributed by atoms with Gasteiger partial charge in [0.25, 0.3) is 0 Å². The molecule has 0 aliphatic rings. The summed E-state index contributed by atoms with van der Waals surface area (Å²) in [7, 11) is 3.37. The summed E-state index contributed by atoms with van der Waals surface area (Å²) < 4.78 is 12.2. The molecule has 0 fully saturated rings. The molecule has 0 aliphatic heterocycles. The zero-order chi connectivity index (χ0) is 20.3. The van der Waals surface area contributed by atoms with Gasteiger partial charge in [0.1, 0.15) is 11.5 Å². The van der Waals surface area contributed by atoms with Crippen molar-refractivity contribution in [3.05, 3.63) is 59.2 Å². The minimum atomic E-state index is -0.195. The molecule has 1 N–H and O–H groups in total. The molecule has 2 heterocycles. The highest BCUT2D eigenvalue weighted by molar-refractivity contribution is 5.74. The lowest BCUT2D eigenvalue weighted by atomic mass is 10.2. The van der Waals surface area contributed by atoms with Gasteiger partial charge in [-0.25, -0.2) is 9.48 Å². The molecule has 3 rings (SSSR count). The van der Waals surface area contributed by atoms with Crippen LogP contribution < -0.4 is 10.1 Å². The largest absolute Gasteiger partial charge is 0.497 e. The second-order valence-electron chi connectivity index (χ2n) is 6.75. The smallest absolute Gasteiger partial charge is 0.317 e. The molecule has 2 aromatic heterocycles. The van der Waals surface area contributed by atoms with Crippen molar-refractivity contribution in [1.29, 1.82) is 0 Å². The third-order valence-corrected chi connectivity index (χ3v) is 4.68. The first-order valence-electron chi connectivity index (χ1n) is 9.01. The number of carbonyl (C=O) groups is 1. The number of benzene rings is 1. The van der Waals surface area contributed by atoms with Gasteiger partial charge in [-0.15, -0.1) is 0 Å². The highest BCUT2D eigenvalue weighted by Gasteiger charge is 2.18. The first kappa shape index (κ1) is 19.5. The van der Waals surface area contributed by atoms with Crippen LogP contribution in [-0.4, -0.2) is 40.0 Å². The highest BCUT2D eigenvalue weighted by atomic mass is 16.5. The molecule has 8 nitrogen and oxygen atoms in total. The van der Waals surface area contributed by atoms with E-state index in [9.17, 15) is 4.79 Å². The molecule has 0 saturated carbocycles. The number of hydrogen-bond acceptors (Lipinski definition) is 5. The van der Waals surface area contributed by atoms with Gasteiger partial charge in [0, 0.05) is 30.4 Å². The number of nitrogens with zero attached hydrogens (tertiary/aromatic N) is 4. The van der Waals surface area contributed by atoms with E-state index >= 15 is 0 Å². The molecule has 0 radical (unpaired) electrons. The Labute approximate surface area is 164 Å². The molecule has 28 heavy (non-hydrogen) atoms. The SMILES string of the molecule is COc1cccc(-n2cc(C(C)NC(=O)N(C)Cc3c(C)noc3C)cn2)c1. The topological polar surface area (TPSA) is 85.4 Å². The van der Waals surface area contributed by atoms with Gasteiger partial charge in [-0.05, 0) is 32.9 Å². The molecule has 2 amide bonds. The molecule has 0 bridgehead atoms. The minimum Gasteiger partial charge on any atom is -0.497 e. The third kappa shape index (κ3) is 4.16. The zero-order valence-corrected chi connectivity index (χ0v) is 16.8. The van der Waals surface area contributed by atoms with E-state index in [0.29, 0.717) is 6.54 Å². The van der Waals surface area contributed by atoms with Gasteiger partial charge in [0.05, 0.1) is 37.3 Å². The van der Waals surface area contributed by atoms with Gasteiger partial charge in [-0.1, -0.05) is 11.2 Å². The van der Waals surface area contributed by atoms with Crippen LogP contribution in [0.15, 0.2) is 41.2 Å². The summed E-state index contributed by atoms with van der Waals surface area (Å²) in [5.74, 6) is 1.49. The molecule has 8 heteroatoms. The van der Waals surface area contributed by atoms with E-state index in [-0.39, 0.29) is 12.1 Å². The predicted molar refractivity (Wildman–Crippen MR) is 105 cm³/mol. The summed E-state index contributed by atoms with van der Waals surface area (Å²) >= 11 is 0.